The van der Waals surface area contributed by atoms with Crippen molar-refractivity contribution < 1.29 is 10.2 Å². The number of nitrogens with zero attached hydrogens (tertiary/aromatic N) is 1. The monoisotopic (exact) mass is 397 g/mol. The van der Waals surface area contributed by atoms with Crippen molar-refractivity contribution in [2.75, 3.05) is 19.0 Å². The lowest BCUT2D eigenvalue weighted by atomic mass is 9.87. The first-order valence-electron chi connectivity index (χ1n) is 11.3. The molecule has 0 unspecified atom stereocenters. The lowest BCUT2D eigenvalue weighted by Crippen LogP contribution is -2.23. The average molecular weight is 398 g/mol. The van der Waals surface area contributed by atoms with Crippen LogP contribution in [0.3, 0.4) is 0 Å². The van der Waals surface area contributed by atoms with Crippen LogP contribution in [0, 0.1) is 17.8 Å². The van der Waals surface area contributed by atoms with Crippen molar-refractivity contribution in [2.24, 2.45) is 17.8 Å². The Morgan fingerprint density at radius 1 is 1.28 bits per heavy atom. The summed E-state index contributed by atoms with van der Waals surface area (Å²) >= 11 is 0. The molecule has 3 nitrogen and oxygen atoms in total. The maximum Gasteiger partial charge on any atom is 0.0654 e. The van der Waals surface area contributed by atoms with E-state index in [1.54, 1.807) is 0 Å². The van der Waals surface area contributed by atoms with Crippen molar-refractivity contribution in [1.82, 2.24) is 0 Å². The minimum absolute atomic E-state index is 0.212. The van der Waals surface area contributed by atoms with E-state index in [0.29, 0.717) is 18.3 Å². The molecule has 0 aromatic heterocycles. The fourth-order valence-corrected chi connectivity index (χ4v) is 5.08. The third-order valence-electron chi connectivity index (χ3n) is 6.79. The van der Waals surface area contributed by atoms with Gasteiger partial charge in [0.25, 0.3) is 0 Å². The van der Waals surface area contributed by atoms with Crippen LogP contribution < -0.4 is 4.90 Å². The highest BCUT2D eigenvalue weighted by molar-refractivity contribution is 5.48. The molecule has 0 saturated heterocycles. The number of aliphatic hydroxyl groups is 2. The molecule has 2 aliphatic carbocycles. The number of unbranched alkanes of at least 4 members (excludes halogenated alkanes) is 1. The molecule has 2 N–H and O–H groups in total. The van der Waals surface area contributed by atoms with Crippen LogP contribution in [0.2, 0.25) is 0 Å². The Hall–Kier alpha value is -1.58. The van der Waals surface area contributed by atoms with Gasteiger partial charge in [0.15, 0.2) is 0 Å². The third kappa shape index (κ3) is 5.73. The zero-order valence-electron chi connectivity index (χ0n) is 18.6. The van der Waals surface area contributed by atoms with E-state index in [4.69, 9.17) is 0 Å². The van der Waals surface area contributed by atoms with Crippen molar-refractivity contribution in [3.8, 4) is 0 Å². The molecule has 1 fully saturated rings. The van der Waals surface area contributed by atoms with E-state index in [1.807, 2.05) is 6.92 Å². The average Bonchev–Trinajstić information content (AvgIpc) is 3.17. The highest BCUT2D eigenvalue weighted by atomic mass is 16.3. The molecule has 0 amide bonds. The van der Waals surface area contributed by atoms with Gasteiger partial charge in [-0.15, -0.1) is 0 Å². The van der Waals surface area contributed by atoms with Gasteiger partial charge in [0.1, 0.15) is 0 Å². The third-order valence-corrected chi connectivity index (χ3v) is 6.79. The molecule has 2 aliphatic rings. The standard InChI is InChI=1S/C26H39NO2/c1-5-6-12-26(2,29)13-8-11-23-24-17-20(15-21(24)18-25(23)28)14-19-9-7-10-22(16-19)27(3)4/h7-11,15-16,21,23-25,28-29H,5-6,12-14,17-18H2,1-4H3/b11-8+/t21-,23+,24-,25+,26-/m0/s1. The van der Waals surface area contributed by atoms with Crippen LogP contribution in [0.25, 0.3) is 0 Å². The van der Waals surface area contributed by atoms with Crippen LogP contribution in [-0.4, -0.2) is 36.0 Å². The van der Waals surface area contributed by atoms with Gasteiger partial charge in [-0.3, -0.25) is 0 Å². The second-order valence-electron chi connectivity index (χ2n) is 9.71. The van der Waals surface area contributed by atoms with Crippen LogP contribution in [0.5, 0.6) is 0 Å². The highest BCUT2D eigenvalue weighted by Gasteiger charge is 2.43. The summed E-state index contributed by atoms with van der Waals surface area (Å²) in [5.74, 6) is 1.21. The molecule has 0 spiro atoms. The summed E-state index contributed by atoms with van der Waals surface area (Å²) in [5, 5.41) is 21.1. The van der Waals surface area contributed by atoms with Crippen molar-refractivity contribution in [3.05, 3.63) is 53.6 Å². The Labute approximate surface area is 177 Å². The molecule has 0 bridgehead atoms. The number of allylic oxidation sites excluding steroid dienone is 2. The Bertz CT molecular complexity index is 734. The van der Waals surface area contributed by atoms with Gasteiger partial charge in [-0.2, -0.15) is 0 Å². The summed E-state index contributed by atoms with van der Waals surface area (Å²) in [6.45, 7) is 4.08. The molecule has 1 aromatic carbocycles. The first-order chi connectivity index (χ1) is 13.8. The first kappa shape index (κ1) is 22.1. The summed E-state index contributed by atoms with van der Waals surface area (Å²) in [4.78, 5) is 2.15. The SMILES string of the molecule is CCCC[C@](C)(O)C/C=C/[C@@H]1[C@H]2CC(Cc3cccc(N(C)C)c3)=C[C@H]2C[C@H]1O. The van der Waals surface area contributed by atoms with Gasteiger partial charge in [0.2, 0.25) is 0 Å². The fourth-order valence-electron chi connectivity index (χ4n) is 5.08. The predicted octanol–water partition coefficient (Wildman–Crippen LogP) is 5.13. The van der Waals surface area contributed by atoms with Crippen molar-refractivity contribution in [1.29, 1.82) is 0 Å². The van der Waals surface area contributed by atoms with Gasteiger partial charge in [-0.1, -0.05) is 55.7 Å². The molecule has 160 valence electrons. The van der Waals surface area contributed by atoms with Gasteiger partial charge in [-0.05, 0) is 68.6 Å². The van der Waals surface area contributed by atoms with E-state index in [9.17, 15) is 10.2 Å². The number of rotatable bonds is 9. The lowest BCUT2D eigenvalue weighted by Gasteiger charge is -2.22. The minimum atomic E-state index is -0.633. The van der Waals surface area contributed by atoms with Gasteiger partial charge in [0.05, 0.1) is 11.7 Å². The fraction of sp³-hybridized carbons (Fsp3) is 0.615. The molecule has 1 saturated carbocycles. The van der Waals surface area contributed by atoms with Crippen LogP contribution in [0.1, 0.15) is 57.9 Å². The Morgan fingerprint density at radius 3 is 2.79 bits per heavy atom. The molecule has 0 heterocycles. The van der Waals surface area contributed by atoms with E-state index in [-0.39, 0.29) is 12.0 Å². The summed E-state index contributed by atoms with van der Waals surface area (Å²) in [7, 11) is 4.16. The smallest absolute Gasteiger partial charge is 0.0654 e. The number of fused-ring (bicyclic) bond motifs is 1. The van der Waals surface area contributed by atoms with Crippen LogP contribution in [0.4, 0.5) is 5.69 Å². The number of benzene rings is 1. The van der Waals surface area contributed by atoms with E-state index in [2.05, 4.69) is 68.4 Å². The molecular formula is C26H39NO2. The summed E-state index contributed by atoms with van der Waals surface area (Å²) in [5.41, 5.74) is 3.48. The number of anilines is 1. The van der Waals surface area contributed by atoms with E-state index in [0.717, 1.165) is 38.5 Å². The van der Waals surface area contributed by atoms with Crippen LogP contribution in [-0.2, 0) is 6.42 Å². The first-order valence-corrected chi connectivity index (χ1v) is 11.3. The van der Waals surface area contributed by atoms with Crippen molar-refractivity contribution >= 4 is 5.69 Å². The van der Waals surface area contributed by atoms with Crippen molar-refractivity contribution in [2.45, 2.75) is 70.5 Å². The molecule has 3 rings (SSSR count). The summed E-state index contributed by atoms with van der Waals surface area (Å²) < 4.78 is 0. The normalized spacial score (nSPS) is 28.4. The minimum Gasteiger partial charge on any atom is -0.392 e. The topological polar surface area (TPSA) is 43.7 Å². The van der Waals surface area contributed by atoms with Crippen LogP contribution >= 0.6 is 0 Å². The maximum atomic E-state index is 10.6. The van der Waals surface area contributed by atoms with Gasteiger partial charge >= 0.3 is 0 Å². The van der Waals surface area contributed by atoms with Crippen LogP contribution in [0.15, 0.2) is 48.1 Å². The van der Waals surface area contributed by atoms with E-state index >= 15 is 0 Å². The Kier molecular flexibility index (Phi) is 7.23. The zero-order valence-corrected chi connectivity index (χ0v) is 18.6. The van der Waals surface area contributed by atoms with E-state index < -0.39 is 5.60 Å². The largest absolute Gasteiger partial charge is 0.392 e. The highest BCUT2D eigenvalue weighted by Crippen LogP contribution is 2.48. The van der Waals surface area contributed by atoms with Crippen molar-refractivity contribution in [3.63, 3.8) is 0 Å². The molecule has 1 aromatic rings. The number of hydrogen-bond acceptors (Lipinski definition) is 3. The molecule has 3 heteroatoms. The Balaban J connectivity index is 1.59. The van der Waals surface area contributed by atoms with Gasteiger partial charge in [-0.25, -0.2) is 0 Å². The summed E-state index contributed by atoms with van der Waals surface area (Å²) in [6.07, 6.45) is 13.1. The molecular weight excluding hydrogens is 358 g/mol. The van der Waals surface area contributed by atoms with Gasteiger partial charge in [0, 0.05) is 25.7 Å². The second-order valence-corrected chi connectivity index (χ2v) is 9.71. The van der Waals surface area contributed by atoms with Gasteiger partial charge < -0.3 is 15.1 Å². The zero-order chi connectivity index (χ0) is 21.0. The summed E-state index contributed by atoms with van der Waals surface area (Å²) in [6, 6.07) is 8.78. The molecule has 0 aliphatic heterocycles. The Morgan fingerprint density at radius 2 is 2.07 bits per heavy atom. The molecule has 29 heavy (non-hydrogen) atoms. The number of hydrogen-bond donors (Lipinski definition) is 2. The lowest BCUT2D eigenvalue weighted by molar-refractivity contribution is 0.0513. The quantitative estimate of drug-likeness (QED) is 0.568. The van der Waals surface area contributed by atoms with E-state index in [1.165, 1.54) is 16.8 Å². The maximum absolute atomic E-state index is 10.6. The molecule has 5 atom stereocenters. The molecule has 0 radical (unpaired) electrons. The predicted molar refractivity (Wildman–Crippen MR) is 122 cm³/mol. The second kappa shape index (κ2) is 9.49. The number of aliphatic hydroxyl groups excluding tert-OH is 1.